The third kappa shape index (κ3) is 5.40. The zero-order valence-corrected chi connectivity index (χ0v) is 18.5. The van der Waals surface area contributed by atoms with Gasteiger partial charge in [-0.3, -0.25) is 9.59 Å². The van der Waals surface area contributed by atoms with Crippen molar-refractivity contribution in [1.29, 1.82) is 0 Å². The topological polar surface area (TPSA) is 124 Å². The second-order valence-corrected chi connectivity index (χ2v) is 7.43. The van der Waals surface area contributed by atoms with Crippen molar-refractivity contribution in [2.24, 2.45) is 24.4 Å². The summed E-state index contributed by atoms with van der Waals surface area (Å²) in [5, 5.41) is 22.9. The van der Waals surface area contributed by atoms with E-state index in [0.717, 1.165) is 16.5 Å². The van der Waals surface area contributed by atoms with E-state index in [1.807, 2.05) is 30.3 Å². The van der Waals surface area contributed by atoms with Crippen molar-refractivity contribution in [3.63, 3.8) is 0 Å². The molecule has 12 heteroatoms. The minimum atomic E-state index is -0.364. The number of oxime groups is 2. The molecule has 0 aliphatic carbocycles. The molecule has 4 rings (SSSR count). The molecule has 0 spiro atoms. The van der Waals surface area contributed by atoms with Crippen LogP contribution in [0.5, 0.6) is 0 Å². The lowest BCUT2D eigenvalue weighted by Crippen LogP contribution is -2.26. The Labute approximate surface area is 192 Å². The second-order valence-electron chi connectivity index (χ2n) is 6.65. The SMILES string of the molecule is Cn1nc(Cl)cc(/C=N/O)c1=O.Cn1nc(Cl)cc(C2=NOC(c3ccccc3)C2)c1=O. The number of aryl methyl sites for hydroxylation is 2. The first-order chi connectivity index (χ1) is 15.3. The fourth-order valence-corrected chi connectivity index (χ4v) is 3.36. The normalized spacial score (nSPS) is 15.1. The van der Waals surface area contributed by atoms with Gasteiger partial charge in [0, 0.05) is 20.5 Å². The van der Waals surface area contributed by atoms with Gasteiger partial charge in [-0.1, -0.05) is 63.8 Å². The lowest BCUT2D eigenvalue weighted by molar-refractivity contribution is 0.0857. The van der Waals surface area contributed by atoms with Gasteiger partial charge >= 0.3 is 0 Å². The number of hydrogen-bond acceptors (Lipinski definition) is 8. The summed E-state index contributed by atoms with van der Waals surface area (Å²) in [5.41, 5.74) is 1.67. The number of aromatic nitrogens is 4. The van der Waals surface area contributed by atoms with Crippen LogP contribution in [0.15, 0.2) is 62.4 Å². The van der Waals surface area contributed by atoms with Gasteiger partial charge in [-0.25, -0.2) is 9.36 Å². The van der Waals surface area contributed by atoms with E-state index in [2.05, 4.69) is 20.5 Å². The van der Waals surface area contributed by atoms with Crippen molar-refractivity contribution in [1.82, 2.24) is 19.6 Å². The van der Waals surface area contributed by atoms with Gasteiger partial charge in [-0.15, -0.1) is 0 Å². The fourth-order valence-electron chi connectivity index (χ4n) is 2.91. The van der Waals surface area contributed by atoms with Gasteiger partial charge in [-0.2, -0.15) is 10.2 Å². The first kappa shape index (κ1) is 23.2. The molecule has 0 amide bonds. The molecule has 10 nitrogen and oxygen atoms in total. The quantitative estimate of drug-likeness (QED) is 0.351. The summed E-state index contributed by atoms with van der Waals surface area (Å²) in [6.45, 7) is 0. The fraction of sp³-hybridized carbons (Fsp3) is 0.200. The standard InChI is InChI=1S/C14H12ClN3O2.C6H6ClN3O2/c1-18-14(19)10(7-13(15)16-18)11-8-12(20-17-11)9-5-3-2-4-6-9;1-10-6(11)4(3-8-12)2-5(7)9-10/h2-7,12H,8H2,1H3;2-3,12H,1H3/b;8-3+. The average molecular weight is 477 g/mol. The van der Waals surface area contributed by atoms with Crippen molar-refractivity contribution in [2.45, 2.75) is 12.5 Å². The van der Waals surface area contributed by atoms with Gasteiger partial charge in [0.15, 0.2) is 16.4 Å². The molecular formula is C20H18Cl2N6O4. The van der Waals surface area contributed by atoms with Crippen LogP contribution in [0.25, 0.3) is 0 Å². The molecule has 0 saturated carbocycles. The largest absolute Gasteiger partial charge is 0.411 e. The van der Waals surface area contributed by atoms with Crippen LogP contribution in [0.4, 0.5) is 0 Å². The van der Waals surface area contributed by atoms with Gasteiger partial charge in [0.2, 0.25) is 0 Å². The molecule has 0 radical (unpaired) electrons. The lowest BCUT2D eigenvalue weighted by Gasteiger charge is -2.07. The molecule has 1 aromatic carbocycles. The first-order valence-corrected chi connectivity index (χ1v) is 9.99. The maximum Gasteiger partial charge on any atom is 0.275 e. The number of hydrogen-bond donors (Lipinski definition) is 1. The van der Waals surface area contributed by atoms with Crippen molar-refractivity contribution >= 4 is 35.1 Å². The van der Waals surface area contributed by atoms with E-state index in [1.54, 1.807) is 7.05 Å². The number of halogens is 2. The van der Waals surface area contributed by atoms with E-state index < -0.39 is 0 Å². The molecule has 0 fully saturated rings. The Bertz CT molecular complexity index is 1290. The zero-order valence-electron chi connectivity index (χ0n) is 17.0. The van der Waals surface area contributed by atoms with Crippen molar-refractivity contribution < 1.29 is 10.0 Å². The van der Waals surface area contributed by atoms with Crippen LogP contribution in [0.1, 0.15) is 29.2 Å². The van der Waals surface area contributed by atoms with Crippen molar-refractivity contribution in [3.8, 4) is 0 Å². The Morgan fingerprint density at radius 1 is 1.06 bits per heavy atom. The average Bonchev–Trinajstić information content (AvgIpc) is 3.25. The molecule has 1 aliphatic rings. The summed E-state index contributed by atoms with van der Waals surface area (Å²) in [6.07, 6.45) is 1.39. The third-order valence-corrected chi connectivity index (χ3v) is 4.81. The molecule has 1 atom stereocenters. The van der Waals surface area contributed by atoms with E-state index in [1.165, 1.54) is 23.9 Å². The number of nitrogens with zero attached hydrogens (tertiary/aromatic N) is 6. The van der Waals surface area contributed by atoms with Crippen LogP contribution >= 0.6 is 23.2 Å². The first-order valence-electron chi connectivity index (χ1n) is 9.23. The van der Waals surface area contributed by atoms with Crippen LogP contribution in [-0.4, -0.2) is 36.7 Å². The third-order valence-electron chi connectivity index (χ3n) is 4.44. The highest BCUT2D eigenvalue weighted by Gasteiger charge is 2.26. The second kappa shape index (κ2) is 10.2. The van der Waals surface area contributed by atoms with E-state index in [9.17, 15) is 9.59 Å². The van der Waals surface area contributed by atoms with Gasteiger partial charge in [0.1, 0.15) is 0 Å². The van der Waals surface area contributed by atoms with Gasteiger partial charge in [-0.05, 0) is 17.7 Å². The minimum Gasteiger partial charge on any atom is -0.411 e. The molecule has 0 bridgehead atoms. The van der Waals surface area contributed by atoms with Crippen molar-refractivity contribution in [3.05, 3.63) is 90.2 Å². The highest BCUT2D eigenvalue weighted by atomic mass is 35.5. The smallest absolute Gasteiger partial charge is 0.275 e. The summed E-state index contributed by atoms with van der Waals surface area (Å²) >= 11 is 11.4. The predicted molar refractivity (Wildman–Crippen MR) is 120 cm³/mol. The summed E-state index contributed by atoms with van der Waals surface area (Å²) in [5.74, 6) is 0. The Morgan fingerprint density at radius 3 is 2.34 bits per heavy atom. The Balaban J connectivity index is 0.000000207. The molecular weight excluding hydrogens is 459 g/mol. The molecule has 166 valence electrons. The maximum atomic E-state index is 12.1. The minimum absolute atomic E-state index is 0.164. The van der Waals surface area contributed by atoms with Gasteiger partial charge in [0.05, 0.1) is 23.1 Å². The zero-order chi connectivity index (χ0) is 23.3. The van der Waals surface area contributed by atoms with E-state index in [-0.39, 0.29) is 33.1 Å². The molecule has 0 saturated heterocycles. The van der Waals surface area contributed by atoms with Crippen LogP contribution in [0.3, 0.4) is 0 Å². The molecule has 1 aliphatic heterocycles. The van der Waals surface area contributed by atoms with Crippen LogP contribution < -0.4 is 11.1 Å². The summed E-state index contributed by atoms with van der Waals surface area (Å²) in [6, 6.07) is 12.6. The van der Waals surface area contributed by atoms with Crippen LogP contribution in [0, 0.1) is 0 Å². The maximum absolute atomic E-state index is 12.1. The van der Waals surface area contributed by atoms with Gasteiger partial charge in [0.25, 0.3) is 11.1 Å². The van der Waals surface area contributed by atoms with Gasteiger partial charge < -0.3 is 10.0 Å². The Hall–Kier alpha value is -3.50. The Kier molecular flexibility index (Phi) is 7.39. The predicted octanol–water partition coefficient (Wildman–Crippen LogP) is 2.54. The monoisotopic (exact) mass is 476 g/mol. The molecule has 1 unspecified atom stereocenters. The molecule has 3 heterocycles. The van der Waals surface area contributed by atoms with Crippen molar-refractivity contribution in [2.75, 3.05) is 0 Å². The summed E-state index contributed by atoms with van der Waals surface area (Å²) < 4.78 is 2.27. The van der Waals surface area contributed by atoms with Crippen LogP contribution in [0.2, 0.25) is 10.3 Å². The molecule has 32 heavy (non-hydrogen) atoms. The highest BCUT2D eigenvalue weighted by Crippen LogP contribution is 2.28. The van der Waals surface area contributed by atoms with E-state index in [4.69, 9.17) is 33.2 Å². The molecule has 3 aromatic rings. The summed E-state index contributed by atoms with van der Waals surface area (Å²) in [4.78, 5) is 28.6. The van der Waals surface area contributed by atoms with Crippen LogP contribution in [-0.2, 0) is 18.9 Å². The molecule has 1 N–H and O–H groups in total. The summed E-state index contributed by atoms with van der Waals surface area (Å²) in [7, 11) is 3.02. The molecule has 2 aromatic heterocycles. The van der Waals surface area contributed by atoms with E-state index in [0.29, 0.717) is 17.7 Å². The lowest BCUT2D eigenvalue weighted by atomic mass is 10.0. The number of benzene rings is 1. The highest BCUT2D eigenvalue weighted by molar-refractivity contribution is 6.30. The Morgan fingerprint density at radius 2 is 1.69 bits per heavy atom. The van der Waals surface area contributed by atoms with E-state index >= 15 is 0 Å². The number of rotatable bonds is 3.